The number of nitrogens with one attached hydrogen (secondary N) is 1. The van der Waals surface area contributed by atoms with Crippen LogP contribution in [-0.2, 0) is 22.4 Å². The van der Waals surface area contributed by atoms with Gasteiger partial charge in [0.2, 0.25) is 5.91 Å². The van der Waals surface area contributed by atoms with Gasteiger partial charge in [-0.25, -0.2) is 4.79 Å². The van der Waals surface area contributed by atoms with Gasteiger partial charge in [-0.05, 0) is 54.7 Å². The van der Waals surface area contributed by atoms with Gasteiger partial charge in [0.1, 0.15) is 11.1 Å². The summed E-state index contributed by atoms with van der Waals surface area (Å²) in [5, 5.41) is 15.0. The van der Waals surface area contributed by atoms with Crippen LogP contribution in [-0.4, -0.2) is 36.6 Å². The predicted octanol–water partition coefficient (Wildman–Crippen LogP) is 4.28. The summed E-state index contributed by atoms with van der Waals surface area (Å²) in [6.45, 7) is 1.97. The van der Waals surface area contributed by atoms with Crippen molar-refractivity contribution >= 4 is 45.8 Å². The van der Waals surface area contributed by atoms with Gasteiger partial charge in [-0.15, -0.1) is 22.7 Å². The van der Waals surface area contributed by atoms with Crippen molar-refractivity contribution in [1.82, 2.24) is 4.90 Å². The number of amides is 2. The first-order chi connectivity index (χ1) is 14.1. The van der Waals surface area contributed by atoms with Crippen LogP contribution in [0.3, 0.4) is 0 Å². The number of thiophene rings is 2. The molecule has 1 fully saturated rings. The normalized spacial score (nSPS) is 18.0. The standard InChI is InChI=1S/C21H21N3O3S2/c22-12-17-16-6-4-14(13-27-21(26)24-8-2-9-24)11-18(16)29-20(17)23-19(25)7-5-15-3-1-10-28-15/h1,3,5,7,10,14H,2,4,6,8-9,11,13H2,(H,23,25)/b7-5+. The lowest BCUT2D eigenvalue weighted by molar-refractivity contribution is -0.111. The maximum atomic E-state index is 12.3. The first-order valence-electron chi connectivity index (χ1n) is 9.63. The molecule has 1 unspecified atom stereocenters. The van der Waals surface area contributed by atoms with Gasteiger partial charge in [0.25, 0.3) is 0 Å². The molecule has 29 heavy (non-hydrogen) atoms. The van der Waals surface area contributed by atoms with Crippen molar-refractivity contribution in [2.75, 3.05) is 25.0 Å². The summed E-state index contributed by atoms with van der Waals surface area (Å²) in [7, 11) is 0. The molecule has 0 spiro atoms. The summed E-state index contributed by atoms with van der Waals surface area (Å²) >= 11 is 3.02. The molecule has 0 bridgehead atoms. The van der Waals surface area contributed by atoms with E-state index in [9.17, 15) is 14.9 Å². The zero-order valence-corrected chi connectivity index (χ0v) is 17.5. The summed E-state index contributed by atoms with van der Waals surface area (Å²) in [5.41, 5.74) is 1.60. The van der Waals surface area contributed by atoms with Crippen LogP contribution in [0.25, 0.3) is 6.08 Å². The zero-order chi connectivity index (χ0) is 20.2. The topological polar surface area (TPSA) is 82.4 Å². The molecule has 1 aliphatic heterocycles. The van der Waals surface area contributed by atoms with Gasteiger partial charge in [-0.2, -0.15) is 5.26 Å². The van der Waals surface area contributed by atoms with Gasteiger partial charge in [0.15, 0.2) is 0 Å². The Labute approximate surface area is 177 Å². The number of fused-ring (bicyclic) bond motifs is 1. The minimum atomic E-state index is -0.242. The third-order valence-electron chi connectivity index (χ3n) is 5.21. The summed E-state index contributed by atoms with van der Waals surface area (Å²) < 4.78 is 5.44. The van der Waals surface area contributed by atoms with Crippen LogP contribution in [0.1, 0.15) is 33.7 Å². The van der Waals surface area contributed by atoms with Crippen molar-refractivity contribution in [3.05, 3.63) is 44.5 Å². The van der Waals surface area contributed by atoms with E-state index in [2.05, 4.69) is 11.4 Å². The largest absolute Gasteiger partial charge is 0.449 e. The van der Waals surface area contributed by atoms with Crippen LogP contribution in [0.15, 0.2) is 23.6 Å². The van der Waals surface area contributed by atoms with Crippen molar-refractivity contribution in [1.29, 1.82) is 5.26 Å². The van der Waals surface area contributed by atoms with Crippen molar-refractivity contribution < 1.29 is 14.3 Å². The molecule has 0 aromatic carbocycles. The molecule has 8 heteroatoms. The summed E-state index contributed by atoms with van der Waals surface area (Å²) in [5.74, 6) is 0.00807. The molecule has 4 rings (SSSR count). The van der Waals surface area contributed by atoms with Crippen LogP contribution in [0.5, 0.6) is 0 Å². The van der Waals surface area contributed by atoms with Crippen molar-refractivity contribution in [2.45, 2.75) is 25.7 Å². The number of ether oxygens (including phenoxy) is 1. The molecule has 2 amide bonds. The highest BCUT2D eigenvalue weighted by Crippen LogP contribution is 2.39. The second-order valence-electron chi connectivity index (χ2n) is 7.18. The molecule has 0 saturated carbocycles. The van der Waals surface area contributed by atoms with E-state index in [0.717, 1.165) is 54.1 Å². The first-order valence-corrected chi connectivity index (χ1v) is 11.3. The Morgan fingerprint density at radius 1 is 1.41 bits per heavy atom. The molecule has 150 valence electrons. The molecule has 2 aromatic heterocycles. The van der Waals surface area contributed by atoms with Crippen LogP contribution in [0, 0.1) is 17.2 Å². The highest BCUT2D eigenvalue weighted by atomic mass is 32.1. The molecule has 1 N–H and O–H groups in total. The Balaban J connectivity index is 1.38. The molecule has 1 atom stereocenters. The van der Waals surface area contributed by atoms with Gasteiger partial charge in [-0.1, -0.05) is 6.07 Å². The molecule has 6 nitrogen and oxygen atoms in total. The maximum Gasteiger partial charge on any atom is 0.409 e. The predicted molar refractivity (Wildman–Crippen MR) is 114 cm³/mol. The van der Waals surface area contributed by atoms with Crippen molar-refractivity contribution in [2.24, 2.45) is 5.92 Å². The Morgan fingerprint density at radius 2 is 2.28 bits per heavy atom. The Hall–Kier alpha value is -2.63. The second kappa shape index (κ2) is 8.80. The number of carbonyl (C=O) groups excluding carboxylic acids is 2. The van der Waals surface area contributed by atoms with E-state index in [4.69, 9.17) is 4.74 Å². The molecular formula is C21H21N3O3S2. The minimum absolute atomic E-state index is 0.226. The molecule has 2 aliphatic rings. The van der Waals surface area contributed by atoms with Gasteiger partial charge in [-0.3, -0.25) is 4.79 Å². The average molecular weight is 428 g/mol. The molecule has 2 aromatic rings. The Kier molecular flexibility index (Phi) is 5.97. The van der Waals surface area contributed by atoms with Gasteiger partial charge in [0.05, 0.1) is 12.2 Å². The third kappa shape index (κ3) is 4.52. The van der Waals surface area contributed by atoms with Crippen LogP contribution in [0.4, 0.5) is 9.80 Å². The molecular weight excluding hydrogens is 406 g/mol. The fourth-order valence-corrected chi connectivity index (χ4v) is 5.41. The van der Waals surface area contributed by atoms with Crippen LogP contribution < -0.4 is 5.32 Å². The third-order valence-corrected chi connectivity index (χ3v) is 7.22. The van der Waals surface area contributed by atoms with Crippen LogP contribution in [0.2, 0.25) is 0 Å². The van der Waals surface area contributed by atoms with E-state index in [-0.39, 0.29) is 17.9 Å². The van der Waals surface area contributed by atoms with E-state index in [1.807, 2.05) is 17.5 Å². The quantitative estimate of drug-likeness (QED) is 0.722. The number of likely N-dealkylation sites (tertiary alicyclic amines) is 1. The number of carbonyl (C=O) groups is 2. The van der Waals surface area contributed by atoms with E-state index in [1.54, 1.807) is 22.3 Å². The summed E-state index contributed by atoms with van der Waals surface area (Å²) in [4.78, 5) is 28.0. The number of hydrogen-bond donors (Lipinski definition) is 1. The van der Waals surface area contributed by atoms with E-state index >= 15 is 0 Å². The molecule has 1 saturated heterocycles. The maximum absolute atomic E-state index is 12.3. The van der Waals surface area contributed by atoms with E-state index in [1.165, 1.54) is 17.4 Å². The monoisotopic (exact) mass is 427 g/mol. The van der Waals surface area contributed by atoms with E-state index in [0.29, 0.717) is 17.2 Å². The van der Waals surface area contributed by atoms with Gasteiger partial charge in [0, 0.05) is 28.9 Å². The van der Waals surface area contributed by atoms with Crippen LogP contribution >= 0.6 is 22.7 Å². The molecule has 3 heterocycles. The fraction of sp³-hybridized carbons (Fsp3) is 0.381. The van der Waals surface area contributed by atoms with Gasteiger partial charge < -0.3 is 15.0 Å². The molecule has 0 radical (unpaired) electrons. The highest BCUT2D eigenvalue weighted by molar-refractivity contribution is 7.16. The number of nitriles is 1. The fourth-order valence-electron chi connectivity index (χ4n) is 3.48. The average Bonchev–Trinajstić information content (AvgIpc) is 3.30. The smallest absolute Gasteiger partial charge is 0.409 e. The Bertz CT molecular complexity index is 968. The summed E-state index contributed by atoms with van der Waals surface area (Å²) in [6, 6.07) is 6.13. The highest BCUT2D eigenvalue weighted by Gasteiger charge is 2.28. The lowest BCUT2D eigenvalue weighted by Gasteiger charge is -2.31. The zero-order valence-electron chi connectivity index (χ0n) is 15.8. The molecule has 1 aliphatic carbocycles. The number of anilines is 1. The second-order valence-corrected chi connectivity index (χ2v) is 9.27. The lowest BCUT2D eigenvalue weighted by Crippen LogP contribution is -2.43. The number of rotatable bonds is 5. The van der Waals surface area contributed by atoms with Crippen molar-refractivity contribution in [3.63, 3.8) is 0 Å². The minimum Gasteiger partial charge on any atom is -0.449 e. The summed E-state index contributed by atoms with van der Waals surface area (Å²) in [6.07, 6.45) is 6.48. The number of hydrogen-bond acceptors (Lipinski definition) is 6. The van der Waals surface area contributed by atoms with Crippen molar-refractivity contribution in [3.8, 4) is 6.07 Å². The van der Waals surface area contributed by atoms with E-state index < -0.39 is 0 Å². The first kappa shape index (κ1) is 19.7. The lowest BCUT2D eigenvalue weighted by atomic mass is 9.88. The number of nitrogens with zero attached hydrogens (tertiary/aromatic N) is 2. The van der Waals surface area contributed by atoms with Gasteiger partial charge >= 0.3 is 6.09 Å². The Morgan fingerprint density at radius 3 is 2.97 bits per heavy atom. The SMILES string of the molecule is N#Cc1c(NC(=O)/C=C/c2cccs2)sc2c1CCC(COC(=O)N1CCC1)C2.